The molecule has 1 heterocycles. The quantitative estimate of drug-likeness (QED) is 0.356. The molecule has 31 heavy (non-hydrogen) atoms. The standard InChI is InChI=1S/C23H25Br2N3O3/c1-6-30-20-10-15(9-18(25)21(20)31-13-23(3,4)5)12-26-28-14(2)27-19-8-7-16(24)11-17(19)22(28)29/h7-12H,6,13H2,1-5H3. The molecule has 0 saturated heterocycles. The average molecular weight is 551 g/mol. The summed E-state index contributed by atoms with van der Waals surface area (Å²) in [5, 5.41) is 4.90. The lowest BCUT2D eigenvalue weighted by Crippen LogP contribution is -2.20. The molecular weight excluding hydrogens is 526 g/mol. The van der Waals surface area contributed by atoms with Gasteiger partial charge in [-0.1, -0.05) is 36.7 Å². The summed E-state index contributed by atoms with van der Waals surface area (Å²) >= 11 is 6.98. The predicted octanol–water partition coefficient (Wildman–Crippen LogP) is 5.94. The highest BCUT2D eigenvalue weighted by Gasteiger charge is 2.17. The second-order valence-electron chi connectivity index (χ2n) is 8.29. The van der Waals surface area contributed by atoms with Gasteiger partial charge in [-0.05, 0) is 71.1 Å². The molecule has 3 rings (SSSR count). The molecule has 0 fully saturated rings. The van der Waals surface area contributed by atoms with E-state index in [-0.39, 0.29) is 11.0 Å². The molecule has 0 N–H and O–H groups in total. The van der Waals surface area contributed by atoms with E-state index in [1.807, 2.05) is 31.2 Å². The molecule has 0 bridgehead atoms. The van der Waals surface area contributed by atoms with Crippen LogP contribution in [0.1, 0.15) is 39.1 Å². The zero-order valence-electron chi connectivity index (χ0n) is 18.2. The second-order valence-corrected chi connectivity index (χ2v) is 10.1. The van der Waals surface area contributed by atoms with Crippen LogP contribution in [0.4, 0.5) is 0 Å². The molecule has 0 radical (unpaired) electrons. The van der Waals surface area contributed by atoms with Crippen molar-refractivity contribution in [2.24, 2.45) is 10.5 Å². The number of fused-ring (bicyclic) bond motifs is 1. The normalized spacial score (nSPS) is 12.0. The number of halogens is 2. The molecule has 0 spiro atoms. The fraction of sp³-hybridized carbons (Fsp3) is 0.348. The zero-order chi connectivity index (χ0) is 22.8. The van der Waals surface area contributed by atoms with E-state index in [1.54, 1.807) is 19.2 Å². The third-order valence-electron chi connectivity index (χ3n) is 4.27. The van der Waals surface area contributed by atoms with Gasteiger partial charge in [-0.25, -0.2) is 4.98 Å². The van der Waals surface area contributed by atoms with Gasteiger partial charge in [0.05, 0.1) is 34.8 Å². The monoisotopic (exact) mass is 549 g/mol. The van der Waals surface area contributed by atoms with Crippen LogP contribution in [-0.4, -0.2) is 29.1 Å². The molecule has 0 saturated carbocycles. The number of aromatic nitrogens is 2. The molecule has 0 unspecified atom stereocenters. The predicted molar refractivity (Wildman–Crippen MR) is 132 cm³/mol. The van der Waals surface area contributed by atoms with Crippen molar-refractivity contribution in [3.8, 4) is 11.5 Å². The number of aryl methyl sites for hydroxylation is 1. The van der Waals surface area contributed by atoms with E-state index in [0.717, 1.165) is 14.5 Å². The van der Waals surface area contributed by atoms with Crippen LogP contribution in [0.2, 0.25) is 0 Å². The molecule has 2 aromatic carbocycles. The molecule has 3 aromatic rings. The first-order chi connectivity index (χ1) is 14.6. The smallest absolute Gasteiger partial charge is 0.282 e. The van der Waals surface area contributed by atoms with Crippen molar-refractivity contribution in [1.82, 2.24) is 9.66 Å². The number of rotatable bonds is 6. The molecular formula is C23H25Br2N3O3. The maximum atomic E-state index is 12.9. The number of benzene rings is 2. The highest BCUT2D eigenvalue weighted by Crippen LogP contribution is 2.37. The summed E-state index contributed by atoms with van der Waals surface area (Å²) in [5.41, 5.74) is 1.19. The fourth-order valence-corrected chi connectivity index (χ4v) is 3.81. The van der Waals surface area contributed by atoms with Gasteiger partial charge < -0.3 is 9.47 Å². The molecule has 0 aliphatic rings. The lowest BCUT2D eigenvalue weighted by Gasteiger charge is -2.21. The van der Waals surface area contributed by atoms with Crippen molar-refractivity contribution in [2.45, 2.75) is 34.6 Å². The van der Waals surface area contributed by atoms with Gasteiger partial charge in [-0.3, -0.25) is 4.79 Å². The highest BCUT2D eigenvalue weighted by atomic mass is 79.9. The van der Waals surface area contributed by atoms with E-state index < -0.39 is 0 Å². The van der Waals surface area contributed by atoms with Crippen LogP contribution >= 0.6 is 31.9 Å². The van der Waals surface area contributed by atoms with E-state index in [0.29, 0.717) is 41.4 Å². The zero-order valence-corrected chi connectivity index (χ0v) is 21.4. The Hall–Kier alpha value is -2.19. The van der Waals surface area contributed by atoms with E-state index in [9.17, 15) is 4.79 Å². The van der Waals surface area contributed by atoms with Crippen molar-refractivity contribution in [3.05, 3.63) is 61.0 Å². The van der Waals surface area contributed by atoms with Crippen molar-refractivity contribution >= 4 is 49.0 Å². The maximum Gasteiger partial charge on any atom is 0.282 e. The molecule has 0 atom stereocenters. The van der Waals surface area contributed by atoms with Crippen molar-refractivity contribution in [3.63, 3.8) is 0 Å². The van der Waals surface area contributed by atoms with Gasteiger partial charge in [0.1, 0.15) is 5.82 Å². The Labute approximate surface area is 198 Å². The van der Waals surface area contributed by atoms with Gasteiger partial charge in [0.15, 0.2) is 11.5 Å². The molecule has 0 aliphatic carbocycles. The minimum atomic E-state index is -0.228. The number of nitrogens with zero attached hydrogens (tertiary/aromatic N) is 3. The Morgan fingerprint density at radius 3 is 2.58 bits per heavy atom. The topological polar surface area (TPSA) is 65.7 Å². The molecule has 1 aromatic heterocycles. The first-order valence-electron chi connectivity index (χ1n) is 9.91. The van der Waals surface area contributed by atoms with Gasteiger partial charge in [0.25, 0.3) is 5.56 Å². The van der Waals surface area contributed by atoms with Crippen LogP contribution in [-0.2, 0) is 0 Å². The Balaban J connectivity index is 2.00. The molecule has 6 nitrogen and oxygen atoms in total. The molecule has 8 heteroatoms. The van der Waals surface area contributed by atoms with Crippen LogP contribution in [0.25, 0.3) is 10.9 Å². The second kappa shape index (κ2) is 9.53. The molecule has 0 aliphatic heterocycles. The van der Waals surface area contributed by atoms with Crippen LogP contribution in [0.15, 0.2) is 49.2 Å². The van der Waals surface area contributed by atoms with Crippen LogP contribution in [0.5, 0.6) is 11.5 Å². The maximum absolute atomic E-state index is 12.9. The average Bonchev–Trinajstić information content (AvgIpc) is 2.67. The van der Waals surface area contributed by atoms with Gasteiger partial charge in [0.2, 0.25) is 0 Å². The van der Waals surface area contributed by atoms with Gasteiger partial charge in [0, 0.05) is 4.47 Å². The summed E-state index contributed by atoms with van der Waals surface area (Å²) in [6.07, 6.45) is 1.61. The van der Waals surface area contributed by atoms with Gasteiger partial charge in [-0.2, -0.15) is 9.78 Å². The minimum absolute atomic E-state index is 0.0137. The van der Waals surface area contributed by atoms with Crippen LogP contribution < -0.4 is 15.0 Å². The summed E-state index contributed by atoms with van der Waals surface area (Å²) in [5.74, 6) is 1.78. The Morgan fingerprint density at radius 2 is 1.90 bits per heavy atom. The molecule has 0 amide bonds. The number of hydrogen-bond acceptors (Lipinski definition) is 5. The Morgan fingerprint density at radius 1 is 1.16 bits per heavy atom. The first-order valence-corrected chi connectivity index (χ1v) is 11.5. The number of hydrogen-bond donors (Lipinski definition) is 0. The number of ether oxygens (including phenoxy) is 2. The minimum Gasteiger partial charge on any atom is -0.490 e. The SMILES string of the molecule is CCOc1cc(C=Nn2c(C)nc3ccc(Br)cc3c2=O)cc(Br)c1OCC(C)(C)C. The summed E-state index contributed by atoms with van der Waals surface area (Å²) < 4.78 is 14.7. The van der Waals surface area contributed by atoms with Crippen molar-refractivity contribution in [2.75, 3.05) is 13.2 Å². The van der Waals surface area contributed by atoms with Crippen LogP contribution in [0, 0.1) is 12.3 Å². The van der Waals surface area contributed by atoms with E-state index in [1.165, 1.54) is 4.68 Å². The lowest BCUT2D eigenvalue weighted by molar-refractivity contribution is 0.187. The van der Waals surface area contributed by atoms with Gasteiger partial charge in [-0.15, -0.1) is 0 Å². The fourth-order valence-electron chi connectivity index (χ4n) is 2.87. The summed E-state index contributed by atoms with van der Waals surface area (Å²) in [4.78, 5) is 17.4. The Kier molecular flexibility index (Phi) is 7.21. The highest BCUT2D eigenvalue weighted by molar-refractivity contribution is 9.10. The third kappa shape index (κ3) is 5.74. The van der Waals surface area contributed by atoms with E-state index >= 15 is 0 Å². The van der Waals surface area contributed by atoms with E-state index in [4.69, 9.17) is 9.47 Å². The summed E-state index contributed by atoms with van der Waals surface area (Å²) in [6.45, 7) is 11.1. The summed E-state index contributed by atoms with van der Waals surface area (Å²) in [7, 11) is 0. The molecule has 164 valence electrons. The van der Waals surface area contributed by atoms with Crippen molar-refractivity contribution < 1.29 is 9.47 Å². The largest absolute Gasteiger partial charge is 0.490 e. The van der Waals surface area contributed by atoms with Crippen molar-refractivity contribution in [1.29, 1.82) is 0 Å². The summed E-state index contributed by atoms with van der Waals surface area (Å²) in [6, 6.07) is 9.15. The lowest BCUT2D eigenvalue weighted by atomic mass is 9.99. The van der Waals surface area contributed by atoms with E-state index in [2.05, 4.69) is 62.7 Å². The first kappa shape index (κ1) is 23.5. The Bertz CT molecular complexity index is 1200. The van der Waals surface area contributed by atoms with Gasteiger partial charge >= 0.3 is 0 Å². The third-order valence-corrected chi connectivity index (χ3v) is 5.36. The van der Waals surface area contributed by atoms with Crippen LogP contribution in [0.3, 0.4) is 0 Å².